The fourth-order valence-electron chi connectivity index (χ4n) is 1.27. The van der Waals surface area contributed by atoms with Gasteiger partial charge in [-0.15, -0.1) is 5.92 Å². The van der Waals surface area contributed by atoms with Crippen LogP contribution in [0.15, 0.2) is 23.8 Å². The Bertz CT molecular complexity index is 284. The quantitative estimate of drug-likeness (QED) is 0.358. The van der Waals surface area contributed by atoms with Gasteiger partial charge in [0.05, 0.1) is 6.61 Å². The van der Waals surface area contributed by atoms with Crippen LogP contribution in [0.3, 0.4) is 0 Å². The summed E-state index contributed by atoms with van der Waals surface area (Å²) in [6.07, 6.45) is 4.54. The molecule has 0 fully saturated rings. The Labute approximate surface area is 101 Å². The van der Waals surface area contributed by atoms with Gasteiger partial charge in [-0.25, -0.2) is 0 Å². The molecule has 0 heterocycles. The van der Waals surface area contributed by atoms with Crippen LogP contribution in [-0.2, 0) is 4.74 Å². The SMILES string of the molecule is C=C(COCC#CC)[C@H](C)CCC=C(C)C. The standard InChI is InChI=1S/C15H24O/c1-6-7-11-16-12-15(5)14(4)10-8-9-13(2)3/h9,14H,5,8,10-12H2,1-4H3/t14-/m1/s1. The van der Waals surface area contributed by atoms with Crippen molar-refractivity contribution >= 4 is 0 Å². The molecule has 0 aromatic heterocycles. The zero-order valence-electron chi connectivity index (χ0n) is 11.1. The van der Waals surface area contributed by atoms with E-state index in [1.165, 1.54) is 11.1 Å². The van der Waals surface area contributed by atoms with Crippen molar-refractivity contribution < 1.29 is 4.74 Å². The molecule has 1 nitrogen and oxygen atoms in total. The Kier molecular flexibility index (Phi) is 8.66. The van der Waals surface area contributed by atoms with Crippen LogP contribution in [0.1, 0.15) is 40.5 Å². The molecule has 90 valence electrons. The topological polar surface area (TPSA) is 9.23 Å². The molecule has 0 aromatic rings. The third kappa shape index (κ3) is 8.32. The summed E-state index contributed by atoms with van der Waals surface area (Å²) in [5.74, 6) is 6.20. The van der Waals surface area contributed by atoms with Gasteiger partial charge in [-0.3, -0.25) is 0 Å². The summed E-state index contributed by atoms with van der Waals surface area (Å²) >= 11 is 0. The predicted molar refractivity (Wildman–Crippen MR) is 71.2 cm³/mol. The highest BCUT2D eigenvalue weighted by Gasteiger charge is 2.05. The van der Waals surface area contributed by atoms with E-state index in [1.54, 1.807) is 0 Å². The van der Waals surface area contributed by atoms with Gasteiger partial charge in [0, 0.05) is 0 Å². The molecule has 1 heteroatoms. The molecule has 0 N–H and O–H groups in total. The summed E-state index contributed by atoms with van der Waals surface area (Å²) in [5.41, 5.74) is 2.55. The Balaban J connectivity index is 3.71. The van der Waals surface area contributed by atoms with Crippen molar-refractivity contribution in [1.82, 2.24) is 0 Å². The second-order valence-corrected chi connectivity index (χ2v) is 4.34. The lowest BCUT2D eigenvalue weighted by Gasteiger charge is -2.13. The lowest BCUT2D eigenvalue weighted by Crippen LogP contribution is -2.06. The molecule has 0 amide bonds. The average molecular weight is 220 g/mol. The van der Waals surface area contributed by atoms with Crippen molar-refractivity contribution in [2.24, 2.45) is 5.92 Å². The monoisotopic (exact) mass is 220 g/mol. The molecule has 0 aliphatic carbocycles. The smallest absolute Gasteiger partial charge is 0.108 e. The largest absolute Gasteiger partial charge is 0.364 e. The maximum absolute atomic E-state index is 5.40. The molecule has 0 saturated carbocycles. The molecule has 1 atom stereocenters. The first-order valence-electron chi connectivity index (χ1n) is 5.86. The molecular weight excluding hydrogens is 196 g/mol. The third-order valence-corrected chi connectivity index (χ3v) is 2.49. The summed E-state index contributed by atoms with van der Waals surface area (Å²) in [6, 6.07) is 0. The lowest BCUT2D eigenvalue weighted by atomic mass is 9.97. The van der Waals surface area contributed by atoms with Gasteiger partial charge in [-0.05, 0) is 45.1 Å². The van der Waals surface area contributed by atoms with Crippen LogP contribution in [0.4, 0.5) is 0 Å². The highest BCUT2D eigenvalue weighted by molar-refractivity contribution is 5.02. The Morgan fingerprint density at radius 1 is 1.44 bits per heavy atom. The molecule has 0 spiro atoms. The molecule has 0 bridgehead atoms. The fraction of sp³-hybridized carbons (Fsp3) is 0.600. The van der Waals surface area contributed by atoms with E-state index in [4.69, 9.17) is 4.74 Å². The number of hydrogen-bond acceptors (Lipinski definition) is 1. The number of rotatable bonds is 7. The van der Waals surface area contributed by atoms with Crippen molar-refractivity contribution in [3.8, 4) is 11.8 Å². The second-order valence-electron chi connectivity index (χ2n) is 4.34. The molecule has 0 radical (unpaired) electrons. The van der Waals surface area contributed by atoms with Gasteiger partial charge < -0.3 is 4.74 Å². The molecule has 0 rings (SSSR count). The van der Waals surface area contributed by atoms with E-state index in [0.717, 1.165) is 12.8 Å². The molecule has 0 saturated heterocycles. The van der Waals surface area contributed by atoms with Crippen molar-refractivity contribution in [2.45, 2.75) is 40.5 Å². The number of ether oxygens (including phenoxy) is 1. The fourth-order valence-corrected chi connectivity index (χ4v) is 1.27. The average Bonchev–Trinajstić information content (AvgIpc) is 2.23. The Hall–Kier alpha value is -1.00. The van der Waals surface area contributed by atoms with Crippen molar-refractivity contribution in [3.05, 3.63) is 23.8 Å². The van der Waals surface area contributed by atoms with Gasteiger partial charge in [0.25, 0.3) is 0 Å². The van der Waals surface area contributed by atoms with Gasteiger partial charge in [-0.1, -0.05) is 31.1 Å². The van der Waals surface area contributed by atoms with Crippen LogP contribution >= 0.6 is 0 Å². The molecule has 16 heavy (non-hydrogen) atoms. The van der Waals surface area contributed by atoms with Crippen LogP contribution in [0, 0.1) is 17.8 Å². The second kappa shape index (κ2) is 9.24. The van der Waals surface area contributed by atoms with Gasteiger partial charge in [0.2, 0.25) is 0 Å². The lowest BCUT2D eigenvalue weighted by molar-refractivity contribution is 0.184. The van der Waals surface area contributed by atoms with Crippen LogP contribution in [-0.4, -0.2) is 13.2 Å². The predicted octanol–water partition coefficient (Wildman–Crippen LogP) is 3.97. The molecule has 0 aliphatic heterocycles. The zero-order chi connectivity index (χ0) is 12.4. The van der Waals surface area contributed by atoms with Gasteiger partial charge in [-0.2, -0.15) is 0 Å². The van der Waals surface area contributed by atoms with Crippen molar-refractivity contribution in [2.75, 3.05) is 13.2 Å². The minimum absolute atomic E-state index is 0.510. The normalized spacial score (nSPS) is 11.2. The Morgan fingerprint density at radius 2 is 2.12 bits per heavy atom. The van der Waals surface area contributed by atoms with Crippen LogP contribution in [0.5, 0.6) is 0 Å². The third-order valence-electron chi connectivity index (χ3n) is 2.49. The van der Waals surface area contributed by atoms with E-state index in [2.05, 4.69) is 45.3 Å². The zero-order valence-corrected chi connectivity index (χ0v) is 11.1. The minimum atomic E-state index is 0.510. The summed E-state index contributed by atoms with van der Waals surface area (Å²) in [7, 11) is 0. The highest BCUT2D eigenvalue weighted by atomic mass is 16.5. The summed E-state index contributed by atoms with van der Waals surface area (Å²) in [5, 5.41) is 0. The van der Waals surface area contributed by atoms with E-state index < -0.39 is 0 Å². The van der Waals surface area contributed by atoms with E-state index in [0.29, 0.717) is 19.1 Å². The molecule has 0 aromatic carbocycles. The molecule has 0 unspecified atom stereocenters. The van der Waals surface area contributed by atoms with Crippen LogP contribution in [0.25, 0.3) is 0 Å². The number of hydrogen-bond donors (Lipinski definition) is 0. The maximum Gasteiger partial charge on any atom is 0.108 e. The van der Waals surface area contributed by atoms with Gasteiger partial charge in [0.15, 0.2) is 0 Å². The van der Waals surface area contributed by atoms with Gasteiger partial charge in [0.1, 0.15) is 6.61 Å². The molecule has 0 aliphatic rings. The minimum Gasteiger partial charge on any atom is -0.364 e. The van der Waals surface area contributed by atoms with E-state index >= 15 is 0 Å². The van der Waals surface area contributed by atoms with E-state index in [-0.39, 0.29) is 0 Å². The van der Waals surface area contributed by atoms with Gasteiger partial charge >= 0.3 is 0 Å². The summed E-state index contributed by atoms with van der Waals surface area (Å²) < 4.78 is 5.40. The maximum atomic E-state index is 5.40. The van der Waals surface area contributed by atoms with Crippen molar-refractivity contribution in [1.29, 1.82) is 0 Å². The van der Waals surface area contributed by atoms with E-state index in [9.17, 15) is 0 Å². The summed E-state index contributed by atoms with van der Waals surface area (Å²) in [6.45, 7) is 13.5. The van der Waals surface area contributed by atoms with Crippen molar-refractivity contribution in [3.63, 3.8) is 0 Å². The first-order chi connectivity index (χ1) is 7.57. The first-order valence-corrected chi connectivity index (χ1v) is 5.86. The Morgan fingerprint density at radius 3 is 2.69 bits per heavy atom. The molecular formula is C15H24O. The summed E-state index contributed by atoms with van der Waals surface area (Å²) in [4.78, 5) is 0. The first kappa shape index (κ1) is 15.0. The number of allylic oxidation sites excluding steroid dienone is 2. The van der Waals surface area contributed by atoms with E-state index in [1.807, 2.05) is 6.92 Å². The van der Waals surface area contributed by atoms with Crippen LogP contribution < -0.4 is 0 Å². The highest BCUT2D eigenvalue weighted by Crippen LogP contribution is 2.16. The van der Waals surface area contributed by atoms with Crippen LogP contribution in [0.2, 0.25) is 0 Å².